The molecule has 6 aromatic rings. The molecule has 38 heavy (non-hydrogen) atoms. The average Bonchev–Trinajstić information content (AvgIpc) is 3.37. The molecule has 0 amide bonds. The maximum atomic E-state index is 15.0. The third-order valence-electron chi connectivity index (χ3n) is 7.66. The molecule has 3 nitrogen and oxygen atoms in total. The molecule has 6 rings (SSSR count). The second-order valence-electron chi connectivity index (χ2n) is 10.8. The maximum absolute atomic E-state index is 15.0. The van der Waals surface area contributed by atoms with Crippen LogP contribution in [-0.4, -0.2) is 4.57 Å². The molecule has 0 radical (unpaired) electrons. The first-order valence-electron chi connectivity index (χ1n) is 13.1. The van der Waals surface area contributed by atoms with Gasteiger partial charge in [-0.2, -0.15) is 4.57 Å². The minimum Gasteiger partial charge on any atom is -0.456 e. The number of hydrogen-bond acceptors (Lipinski definition) is 1. The molecular weight excluding hydrogens is 478 g/mol. The van der Waals surface area contributed by atoms with Crippen molar-refractivity contribution in [2.75, 3.05) is 0 Å². The van der Waals surface area contributed by atoms with Crippen LogP contribution in [0.2, 0.25) is 0 Å². The molecule has 0 N–H and O–H groups in total. The fourth-order valence-corrected chi connectivity index (χ4v) is 5.82. The third kappa shape index (κ3) is 3.56. The number of nitrogens with zero attached hydrogens (tertiary/aromatic N) is 2. The van der Waals surface area contributed by atoms with Gasteiger partial charge in [0.25, 0.3) is 5.82 Å². The van der Waals surface area contributed by atoms with Gasteiger partial charge in [-0.25, -0.2) is 13.3 Å². The van der Waals surface area contributed by atoms with E-state index < -0.39 is 11.6 Å². The molecule has 0 aliphatic rings. The highest BCUT2D eigenvalue weighted by atomic mass is 19.1. The molecule has 5 heteroatoms. The van der Waals surface area contributed by atoms with Crippen LogP contribution in [0.5, 0.6) is 0 Å². The first kappa shape index (κ1) is 24.4. The van der Waals surface area contributed by atoms with Crippen LogP contribution in [0, 0.1) is 18.6 Å². The number of aromatic nitrogens is 2. The predicted molar refractivity (Wildman–Crippen MR) is 150 cm³/mol. The topological polar surface area (TPSA) is 21.9 Å². The van der Waals surface area contributed by atoms with E-state index in [1.165, 1.54) is 22.9 Å². The van der Waals surface area contributed by atoms with Crippen molar-refractivity contribution >= 4 is 33.0 Å². The van der Waals surface area contributed by atoms with Crippen molar-refractivity contribution < 1.29 is 17.8 Å². The van der Waals surface area contributed by atoms with E-state index in [-0.39, 0.29) is 5.58 Å². The van der Waals surface area contributed by atoms with E-state index in [1.54, 1.807) is 0 Å². The number of furan rings is 1. The van der Waals surface area contributed by atoms with Gasteiger partial charge >= 0.3 is 0 Å². The van der Waals surface area contributed by atoms with Gasteiger partial charge in [0, 0.05) is 28.6 Å². The van der Waals surface area contributed by atoms with Gasteiger partial charge in [-0.05, 0) is 48.6 Å². The Hall–Kier alpha value is -3.99. The number of fused-ring (bicyclic) bond motifs is 4. The number of aryl methyl sites for hydroxylation is 2. The van der Waals surface area contributed by atoms with Crippen molar-refractivity contribution in [1.82, 2.24) is 4.57 Å². The van der Waals surface area contributed by atoms with E-state index in [4.69, 9.17) is 4.42 Å². The summed E-state index contributed by atoms with van der Waals surface area (Å²) in [6, 6.07) is 21.1. The number of para-hydroxylation sites is 3. The quantitative estimate of drug-likeness (QED) is 0.218. The third-order valence-corrected chi connectivity index (χ3v) is 7.66. The first-order chi connectivity index (χ1) is 18.2. The van der Waals surface area contributed by atoms with E-state index in [0.717, 1.165) is 34.1 Å². The summed E-state index contributed by atoms with van der Waals surface area (Å²) < 4.78 is 39.4. The van der Waals surface area contributed by atoms with E-state index >= 15 is 4.39 Å². The van der Waals surface area contributed by atoms with Gasteiger partial charge in [0.05, 0.1) is 18.0 Å². The Bertz CT molecular complexity index is 1850. The Labute approximate surface area is 220 Å². The first-order valence-corrected chi connectivity index (χ1v) is 13.1. The van der Waals surface area contributed by atoms with E-state index in [9.17, 15) is 4.39 Å². The van der Waals surface area contributed by atoms with Gasteiger partial charge in [0.15, 0.2) is 11.0 Å². The van der Waals surface area contributed by atoms with Gasteiger partial charge in [-0.3, -0.25) is 0 Å². The number of benzene rings is 4. The standard InChI is InChI=1S/C33H31F2N2O/c1-18(2)22-10-9-11-23(19(3)4)32(22)37-28-13-8-7-12-27(28)36(6)33(37)24-17-25-29(14-20(24)5)38-30-16-21(34)15-26(35)31(25)30/h7-19H,1-6H3/q+1. The van der Waals surface area contributed by atoms with Crippen LogP contribution in [-0.2, 0) is 7.05 Å². The molecule has 0 saturated heterocycles. The molecule has 0 fully saturated rings. The normalized spacial score (nSPS) is 12.2. The van der Waals surface area contributed by atoms with Crippen LogP contribution in [0.1, 0.15) is 56.2 Å². The number of hydrogen-bond donors (Lipinski definition) is 0. The van der Waals surface area contributed by atoms with E-state index in [2.05, 4.69) is 86.3 Å². The van der Waals surface area contributed by atoms with Crippen molar-refractivity contribution in [2.24, 2.45) is 7.05 Å². The zero-order chi connectivity index (χ0) is 26.9. The Kier molecular flexibility index (Phi) is 5.64. The van der Waals surface area contributed by atoms with E-state index in [0.29, 0.717) is 28.2 Å². The Morgan fingerprint density at radius 3 is 2.18 bits per heavy atom. The largest absolute Gasteiger partial charge is 0.456 e. The molecule has 2 heterocycles. The minimum absolute atomic E-state index is 0.214. The highest BCUT2D eigenvalue weighted by Crippen LogP contribution is 2.40. The van der Waals surface area contributed by atoms with Crippen molar-refractivity contribution in [2.45, 2.75) is 46.5 Å². The molecule has 2 aromatic heterocycles. The summed E-state index contributed by atoms with van der Waals surface area (Å²) in [5.41, 5.74) is 8.65. The van der Waals surface area contributed by atoms with Crippen molar-refractivity contribution in [3.8, 4) is 17.1 Å². The smallest absolute Gasteiger partial charge is 0.295 e. The van der Waals surface area contributed by atoms with Gasteiger partial charge in [0.2, 0.25) is 0 Å². The molecule has 0 spiro atoms. The second-order valence-corrected chi connectivity index (χ2v) is 10.8. The average molecular weight is 510 g/mol. The Morgan fingerprint density at radius 2 is 1.50 bits per heavy atom. The highest BCUT2D eigenvalue weighted by molar-refractivity contribution is 6.07. The summed E-state index contributed by atoms with van der Waals surface area (Å²) in [5.74, 6) is 0.356. The summed E-state index contributed by atoms with van der Waals surface area (Å²) in [6.07, 6.45) is 0. The lowest BCUT2D eigenvalue weighted by atomic mass is 9.92. The zero-order valence-corrected chi connectivity index (χ0v) is 22.6. The van der Waals surface area contributed by atoms with Gasteiger partial charge < -0.3 is 4.42 Å². The molecule has 0 aliphatic heterocycles. The molecule has 4 aromatic carbocycles. The van der Waals surface area contributed by atoms with Crippen LogP contribution in [0.3, 0.4) is 0 Å². The SMILES string of the molecule is Cc1cc2oc3cc(F)cc(F)c3c2cc1-c1n(-c2c(C(C)C)cccc2C(C)C)c2ccccc2[n+]1C. The van der Waals surface area contributed by atoms with Gasteiger partial charge in [-0.1, -0.05) is 58.0 Å². The summed E-state index contributed by atoms with van der Waals surface area (Å²) >= 11 is 0. The van der Waals surface area contributed by atoms with Crippen LogP contribution in [0.4, 0.5) is 8.78 Å². The number of halogens is 2. The molecular formula is C33H31F2N2O+. The van der Waals surface area contributed by atoms with E-state index in [1.807, 2.05) is 19.1 Å². The highest BCUT2D eigenvalue weighted by Gasteiger charge is 2.31. The molecule has 192 valence electrons. The summed E-state index contributed by atoms with van der Waals surface area (Å²) in [5, 5.41) is 0.939. The number of rotatable bonds is 4. The molecule has 0 aliphatic carbocycles. The molecule has 0 atom stereocenters. The van der Waals surface area contributed by atoms with Crippen molar-refractivity contribution in [3.05, 3.63) is 95.1 Å². The van der Waals surface area contributed by atoms with Gasteiger partial charge in [-0.15, -0.1) is 0 Å². The summed E-state index contributed by atoms with van der Waals surface area (Å²) in [4.78, 5) is 0. The summed E-state index contributed by atoms with van der Waals surface area (Å²) in [6.45, 7) is 10.9. The summed E-state index contributed by atoms with van der Waals surface area (Å²) in [7, 11) is 2.08. The van der Waals surface area contributed by atoms with Crippen molar-refractivity contribution in [1.29, 1.82) is 0 Å². The fraction of sp³-hybridized carbons (Fsp3) is 0.242. The lowest BCUT2D eigenvalue weighted by Gasteiger charge is -2.18. The van der Waals surface area contributed by atoms with Crippen LogP contribution in [0.15, 0.2) is 71.1 Å². The Balaban J connectivity index is 1.78. The van der Waals surface area contributed by atoms with Crippen LogP contribution < -0.4 is 4.57 Å². The second kappa shape index (κ2) is 8.80. The fourth-order valence-electron chi connectivity index (χ4n) is 5.82. The zero-order valence-electron chi connectivity index (χ0n) is 22.6. The predicted octanol–water partition coefficient (Wildman–Crippen LogP) is 8.85. The van der Waals surface area contributed by atoms with Crippen LogP contribution in [0.25, 0.3) is 50.0 Å². The molecule has 0 bridgehead atoms. The molecule has 0 saturated carbocycles. The van der Waals surface area contributed by atoms with Gasteiger partial charge in [0.1, 0.15) is 28.5 Å². The maximum Gasteiger partial charge on any atom is 0.295 e. The number of imidazole rings is 1. The Morgan fingerprint density at radius 1 is 0.816 bits per heavy atom. The lowest BCUT2D eigenvalue weighted by Crippen LogP contribution is -2.30. The van der Waals surface area contributed by atoms with Crippen LogP contribution >= 0.6 is 0 Å². The lowest BCUT2D eigenvalue weighted by molar-refractivity contribution is -0.633. The molecule has 0 unspecified atom stereocenters. The monoisotopic (exact) mass is 509 g/mol. The van der Waals surface area contributed by atoms with Crippen molar-refractivity contribution in [3.63, 3.8) is 0 Å². The minimum atomic E-state index is -0.649.